The molecule has 0 spiro atoms. The highest BCUT2D eigenvalue weighted by Gasteiger charge is 2.36. The average Bonchev–Trinajstić information content (AvgIpc) is 3.19. The number of hydrogen-bond acceptors (Lipinski definition) is 3. The first-order valence-electron chi connectivity index (χ1n) is 8.53. The number of nitrogens with two attached hydrogens (primary N) is 1. The van der Waals surface area contributed by atoms with E-state index in [0.717, 1.165) is 37.8 Å². The van der Waals surface area contributed by atoms with Crippen molar-refractivity contribution in [2.45, 2.75) is 57.2 Å². The highest BCUT2D eigenvalue weighted by atomic mass is 16.2. The van der Waals surface area contributed by atoms with Crippen molar-refractivity contribution in [1.82, 2.24) is 10.2 Å². The number of carbonyl (C=O) groups is 1. The van der Waals surface area contributed by atoms with E-state index in [0.29, 0.717) is 6.54 Å². The van der Waals surface area contributed by atoms with Gasteiger partial charge >= 0.3 is 0 Å². The van der Waals surface area contributed by atoms with E-state index in [2.05, 4.69) is 34.5 Å². The van der Waals surface area contributed by atoms with Gasteiger partial charge in [-0.2, -0.15) is 0 Å². The molecule has 0 atom stereocenters. The Morgan fingerprint density at radius 3 is 2.27 bits per heavy atom. The lowest BCUT2D eigenvalue weighted by Crippen LogP contribution is -2.51. The molecule has 1 aromatic carbocycles. The minimum Gasteiger partial charge on any atom is -0.350 e. The minimum absolute atomic E-state index is 0.00569. The molecule has 2 fully saturated rings. The van der Waals surface area contributed by atoms with Gasteiger partial charge in [-0.1, -0.05) is 37.1 Å². The van der Waals surface area contributed by atoms with Crippen LogP contribution in [0.4, 0.5) is 0 Å². The maximum Gasteiger partial charge on any atom is 0.240 e. The van der Waals surface area contributed by atoms with E-state index in [4.69, 9.17) is 5.73 Å². The molecule has 1 saturated heterocycles. The van der Waals surface area contributed by atoms with Crippen molar-refractivity contribution in [3.63, 3.8) is 0 Å². The highest BCUT2D eigenvalue weighted by Crippen LogP contribution is 2.27. The second-order valence-electron chi connectivity index (χ2n) is 6.85. The summed E-state index contributed by atoms with van der Waals surface area (Å²) in [6, 6.07) is 8.58. The van der Waals surface area contributed by atoms with Crippen LogP contribution in [0.25, 0.3) is 0 Å². The minimum atomic E-state index is -0.629. The van der Waals surface area contributed by atoms with Crippen molar-refractivity contribution in [3.05, 3.63) is 35.4 Å². The fourth-order valence-corrected chi connectivity index (χ4v) is 3.55. The molecular weight excluding hydrogens is 274 g/mol. The average molecular weight is 301 g/mol. The summed E-state index contributed by atoms with van der Waals surface area (Å²) in [5.41, 5.74) is 8.02. The first kappa shape index (κ1) is 15.5. The Balaban J connectivity index is 1.49. The third kappa shape index (κ3) is 3.68. The largest absolute Gasteiger partial charge is 0.350 e. The fourth-order valence-electron chi connectivity index (χ4n) is 3.55. The summed E-state index contributed by atoms with van der Waals surface area (Å²) in [5, 5.41) is 3.00. The third-order valence-electron chi connectivity index (χ3n) is 5.03. The van der Waals surface area contributed by atoms with E-state index < -0.39 is 5.54 Å². The van der Waals surface area contributed by atoms with Crippen molar-refractivity contribution in [2.75, 3.05) is 13.1 Å². The summed E-state index contributed by atoms with van der Waals surface area (Å²) in [7, 11) is 0. The Morgan fingerprint density at radius 2 is 1.64 bits per heavy atom. The fraction of sp³-hybridized carbons (Fsp3) is 0.611. The first-order chi connectivity index (χ1) is 10.7. The summed E-state index contributed by atoms with van der Waals surface area (Å²) < 4.78 is 0. The third-order valence-corrected chi connectivity index (χ3v) is 5.03. The number of amides is 1. The SMILES string of the molecule is NC1(C(=O)NCc2ccc(CN3CCCC3)cc2)CCCC1. The maximum atomic E-state index is 12.2. The number of carbonyl (C=O) groups excluding carboxylic acids is 1. The van der Waals surface area contributed by atoms with Gasteiger partial charge in [0, 0.05) is 13.1 Å². The molecule has 1 saturated carbocycles. The summed E-state index contributed by atoms with van der Waals surface area (Å²) in [5.74, 6) is 0.00569. The van der Waals surface area contributed by atoms with Gasteiger partial charge in [0.25, 0.3) is 0 Å². The molecule has 1 amide bonds. The number of hydrogen-bond donors (Lipinski definition) is 2. The molecule has 1 aliphatic carbocycles. The lowest BCUT2D eigenvalue weighted by atomic mass is 9.98. The Kier molecular flexibility index (Phi) is 4.79. The second-order valence-corrected chi connectivity index (χ2v) is 6.85. The summed E-state index contributed by atoms with van der Waals surface area (Å²) in [6.07, 6.45) is 6.40. The van der Waals surface area contributed by atoms with Gasteiger partial charge in [-0.15, -0.1) is 0 Å². The topological polar surface area (TPSA) is 58.4 Å². The maximum absolute atomic E-state index is 12.2. The van der Waals surface area contributed by atoms with Gasteiger partial charge in [-0.25, -0.2) is 0 Å². The monoisotopic (exact) mass is 301 g/mol. The smallest absolute Gasteiger partial charge is 0.240 e. The van der Waals surface area contributed by atoms with Crippen molar-refractivity contribution < 1.29 is 4.79 Å². The van der Waals surface area contributed by atoms with Crippen LogP contribution in [0.15, 0.2) is 24.3 Å². The number of rotatable bonds is 5. The standard InChI is InChI=1S/C18H27N3O/c19-18(9-1-2-10-18)17(22)20-13-15-5-7-16(8-6-15)14-21-11-3-4-12-21/h5-8H,1-4,9-14,19H2,(H,20,22). The molecule has 0 aromatic heterocycles. The Labute approximate surface area is 133 Å². The van der Waals surface area contributed by atoms with E-state index in [-0.39, 0.29) is 5.91 Å². The quantitative estimate of drug-likeness (QED) is 0.876. The van der Waals surface area contributed by atoms with Crippen LogP contribution in [0.5, 0.6) is 0 Å². The van der Waals surface area contributed by atoms with Crippen molar-refractivity contribution in [2.24, 2.45) is 5.73 Å². The van der Waals surface area contributed by atoms with Crippen LogP contribution < -0.4 is 11.1 Å². The molecule has 22 heavy (non-hydrogen) atoms. The molecule has 0 radical (unpaired) electrons. The lowest BCUT2D eigenvalue weighted by molar-refractivity contribution is -0.126. The van der Waals surface area contributed by atoms with Gasteiger partial charge in [0.15, 0.2) is 0 Å². The van der Waals surface area contributed by atoms with E-state index >= 15 is 0 Å². The van der Waals surface area contributed by atoms with Crippen LogP contribution >= 0.6 is 0 Å². The van der Waals surface area contributed by atoms with Crippen LogP contribution in [-0.4, -0.2) is 29.4 Å². The predicted octanol–water partition coefficient (Wildman–Crippen LogP) is 2.17. The Morgan fingerprint density at radius 1 is 1.05 bits per heavy atom. The van der Waals surface area contributed by atoms with Gasteiger partial charge in [0.2, 0.25) is 5.91 Å². The van der Waals surface area contributed by atoms with Gasteiger partial charge in [-0.05, 0) is 49.9 Å². The molecule has 3 N–H and O–H groups in total. The highest BCUT2D eigenvalue weighted by molar-refractivity contribution is 5.86. The second kappa shape index (κ2) is 6.80. The molecular formula is C18H27N3O. The predicted molar refractivity (Wildman–Crippen MR) is 88.2 cm³/mol. The van der Waals surface area contributed by atoms with Crippen molar-refractivity contribution >= 4 is 5.91 Å². The molecule has 1 heterocycles. The van der Waals surface area contributed by atoms with Crippen LogP contribution in [0.2, 0.25) is 0 Å². The zero-order valence-electron chi connectivity index (χ0n) is 13.3. The molecule has 3 rings (SSSR count). The van der Waals surface area contributed by atoms with Gasteiger partial charge in [0.1, 0.15) is 0 Å². The van der Waals surface area contributed by atoms with E-state index in [9.17, 15) is 4.79 Å². The molecule has 4 nitrogen and oxygen atoms in total. The molecule has 4 heteroatoms. The number of nitrogens with zero attached hydrogens (tertiary/aromatic N) is 1. The normalized spacial score (nSPS) is 21.1. The summed E-state index contributed by atoms with van der Waals surface area (Å²) in [4.78, 5) is 14.7. The van der Waals surface area contributed by atoms with Gasteiger partial charge < -0.3 is 11.1 Å². The number of nitrogens with one attached hydrogen (secondary N) is 1. The van der Waals surface area contributed by atoms with Crippen molar-refractivity contribution in [1.29, 1.82) is 0 Å². The van der Waals surface area contributed by atoms with Crippen LogP contribution in [0.1, 0.15) is 49.7 Å². The zero-order valence-corrected chi connectivity index (χ0v) is 13.3. The first-order valence-corrected chi connectivity index (χ1v) is 8.53. The van der Waals surface area contributed by atoms with E-state index in [1.807, 2.05) is 0 Å². The van der Waals surface area contributed by atoms with Crippen LogP contribution in [-0.2, 0) is 17.9 Å². The molecule has 0 bridgehead atoms. The summed E-state index contributed by atoms with van der Waals surface area (Å²) >= 11 is 0. The Hall–Kier alpha value is -1.39. The molecule has 2 aliphatic rings. The van der Waals surface area contributed by atoms with Crippen LogP contribution in [0.3, 0.4) is 0 Å². The zero-order chi connectivity index (χ0) is 15.4. The molecule has 1 aliphatic heterocycles. The van der Waals surface area contributed by atoms with Gasteiger partial charge in [0.05, 0.1) is 5.54 Å². The van der Waals surface area contributed by atoms with Crippen LogP contribution in [0, 0.1) is 0 Å². The molecule has 1 aromatic rings. The number of likely N-dealkylation sites (tertiary alicyclic amines) is 1. The Bertz CT molecular complexity index is 500. The van der Waals surface area contributed by atoms with E-state index in [1.165, 1.54) is 31.5 Å². The summed E-state index contributed by atoms with van der Waals surface area (Å²) in [6.45, 7) is 4.05. The molecule has 0 unspecified atom stereocenters. The number of benzene rings is 1. The lowest BCUT2D eigenvalue weighted by Gasteiger charge is -2.22. The van der Waals surface area contributed by atoms with E-state index in [1.54, 1.807) is 0 Å². The van der Waals surface area contributed by atoms with Crippen molar-refractivity contribution in [3.8, 4) is 0 Å². The molecule has 120 valence electrons. The van der Waals surface area contributed by atoms with Gasteiger partial charge in [-0.3, -0.25) is 9.69 Å².